The quantitative estimate of drug-likeness (QED) is 0.137. The minimum absolute atomic E-state index is 0.0713. The summed E-state index contributed by atoms with van der Waals surface area (Å²) in [5.41, 5.74) is 11.6. The maximum atomic E-state index is 12.5. The predicted octanol–water partition coefficient (Wildman–Crippen LogP) is 7.42. The van der Waals surface area contributed by atoms with E-state index in [-0.39, 0.29) is 18.0 Å². The number of hydrogen-bond donors (Lipinski definition) is 4. The van der Waals surface area contributed by atoms with Crippen LogP contribution in [0.25, 0.3) is 0 Å². The Morgan fingerprint density at radius 3 is 1.20 bits per heavy atom. The van der Waals surface area contributed by atoms with Crippen molar-refractivity contribution in [2.45, 2.75) is 124 Å². The highest BCUT2D eigenvalue weighted by Crippen LogP contribution is 2.21. The molecule has 268 valence electrons. The molecule has 46 heavy (non-hydrogen) atoms. The molecule has 0 amide bonds. The van der Waals surface area contributed by atoms with Crippen LogP contribution in [0.4, 0.5) is 0 Å². The molecule has 0 aliphatic rings. The molecule has 4 atom stereocenters. The number of hydrogen-bond acceptors (Lipinski definition) is 6. The molecule has 10 heteroatoms. The second-order valence-electron chi connectivity index (χ2n) is 12.3. The summed E-state index contributed by atoms with van der Waals surface area (Å²) < 4.78 is 54.8. The van der Waals surface area contributed by atoms with Crippen LogP contribution in [-0.2, 0) is 20.0 Å². The third-order valence-corrected chi connectivity index (χ3v) is 11.0. The molecule has 0 aliphatic carbocycles. The van der Waals surface area contributed by atoms with Crippen LogP contribution in [0.2, 0.25) is 0 Å². The molecular formula is C36H68N4O4S2. The van der Waals surface area contributed by atoms with Crippen molar-refractivity contribution in [3.8, 4) is 0 Å². The summed E-state index contributed by atoms with van der Waals surface area (Å²) in [7, 11) is -6.88. The van der Waals surface area contributed by atoms with Gasteiger partial charge in [-0.2, -0.15) is 0 Å². The third-order valence-electron chi connectivity index (χ3n) is 7.88. The van der Waals surface area contributed by atoms with E-state index in [0.29, 0.717) is 46.6 Å². The first-order valence-corrected chi connectivity index (χ1v) is 20.2. The molecule has 0 heterocycles. The second kappa shape index (κ2) is 25.2. The van der Waals surface area contributed by atoms with E-state index >= 15 is 0 Å². The Labute approximate surface area is 284 Å². The summed E-state index contributed by atoms with van der Waals surface area (Å²) in [5, 5.41) is 0. The number of nitrogens with one attached hydrogen (secondary N) is 2. The van der Waals surface area contributed by atoms with Crippen LogP contribution >= 0.6 is 0 Å². The molecule has 0 aromatic heterocycles. The fourth-order valence-corrected chi connectivity index (χ4v) is 7.43. The first-order valence-electron chi connectivity index (χ1n) is 17.2. The Morgan fingerprint density at radius 1 is 0.522 bits per heavy atom. The topological polar surface area (TPSA) is 144 Å². The normalized spacial score (nSPS) is 14.2. The molecule has 0 saturated carbocycles. The van der Waals surface area contributed by atoms with E-state index in [1.165, 1.54) is 0 Å². The average molecular weight is 685 g/mol. The first-order chi connectivity index (χ1) is 21.6. The van der Waals surface area contributed by atoms with Crippen LogP contribution in [0.1, 0.15) is 102 Å². The van der Waals surface area contributed by atoms with Gasteiger partial charge < -0.3 is 11.5 Å². The van der Waals surface area contributed by atoms with Crippen LogP contribution in [-0.4, -0.2) is 42.0 Å². The highest BCUT2D eigenvalue weighted by atomic mass is 32.2. The molecule has 8 nitrogen and oxygen atoms in total. The summed E-state index contributed by atoms with van der Waals surface area (Å²) in [6.45, 7) is 23.9. The lowest BCUT2D eigenvalue weighted by Crippen LogP contribution is -2.39. The zero-order valence-electron chi connectivity index (χ0n) is 30.7. The molecular weight excluding hydrogens is 617 g/mol. The van der Waals surface area contributed by atoms with Gasteiger partial charge in [0.1, 0.15) is 0 Å². The largest absolute Gasteiger partial charge is 0.330 e. The monoisotopic (exact) mass is 684 g/mol. The third kappa shape index (κ3) is 18.5. The van der Waals surface area contributed by atoms with Crippen molar-refractivity contribution < 1.29 is 16.8 Å². The van der Waals surface area contributed by atoms with E-state index in [4.69, 9.17) is 11.5 Å². The zero-order chi connectivity index (χ0) is 35.9. The van der Waals surface area contributed by atoms with Crippen LogP contribution in [0, 0.1) is 29.6 Å². The van der Waals surface area contributed by atoms with Gasteiger partial charge in [-0.05, 0) is 99.6 Å². The van der Waals surface area contributed by atoms with Crippen molar-refractivity contribution in [3.05, 3.63) is 60.7 Å². The second-order valence-corrected chi connectivity index (χ2v) is 15.7. The van der Waals surface area contributed by atoms with Gasteiger partial charge in [0, 0.05) is 12.1 Å². The number of sulfonamides is 2. The van der Waals surface area contributed by atoms with E-state index in [2.05, 4.69) is 37.1 Å². The number of rotatable bonds is 17. The standard InChI is InChI=1S/C17H30N2O2S.C15H26N2O2S.2C2H6/c1-13(2)15(12-18)10-11-17(14(3)4)19-22(20,21)16-8-6-5-7-9-16;1-12(2)14(11-16)10-9-13(3)17-20(18,19)15-7-5-4-6-8-15;2*1-2/h5-9,13-15,17,19H,10-12,18H2,1-4H3;4-8,12-14,17H,9-11,16H2,1-3H3;2*1-2H3. The fraction of sp³-hybridized carbons (Fsp3) is 0.667. The van der Waals surface area contributed by atoms with E-state index in [1.807, 2.05) is 54.5 Å². The number of benzene rings is 2. The lowest BCUT2D eigenvalue weighted by molar-refractivity contribution is 0.319. The highest BCUT2D eigenvalue weighted by Gasteiger charge is 2.24. The van der Waals surface area contributed by atoms with Crippen LogP contribution in [0.5, 0.6) is 0 Å². The summed E-state index contributed by atoms with van der Waals surface area (Å²) in [6, 6.07) is 16.8. The van der Waals surface area contributed by atoms with Crippen LogP contribution in [0.15, 0.2) is 70.5 Å². The predicted molar refractivity (Wildman–Crippen MR) is 198 cm³/mol. The number of nitrogens with two attached hydrogens (primary N) is 2. The van der Waals surface area contributed by atoms with Crippen molar-refractivity contribution in [2.75, 3.05) is 13.1 Å². The van der Waals surface area contributed by atoms with Gasteiger partial charge in [0.25, 0.3) is 0 Å². The maximum Gasteiger partial charge on any atom is 0.240 e. The van der Waals surface area contributed by atoms with Gasteiger partial charge in [-0.3, -0.25) is 0 Å². The van der Waals surface area contributed by atoms with E-state index in [9.17, 15) is 16.8 Å². The fourth-order valence-electron chi connectivity index (χ4n) is 4.69. The van der Waals surface area contributed by atoms with Crippen molar-refractivity contribution in [1.82, 2.24) is 9.44 Å². The van der Waals surface area contributed by atoms with Crippen molar-refractivity contribution in [3.63, 3.8) is 0 Å². The SMILES string of the molecule is CC.CC.CC(C)C(CN)CCC(NS(=O)(=O)c1ccccc1)C(C)C.CC(CCC(CN)C(C)C)NS(=O)(=O)c1ccccc1. The maximum absolute atomic E-state index is 12.5. The minimum atomic E-state index is -3.46. The first kappa shape index (κ1) is 46.3. The molecule has 2 aromatic rings. The highest BCUT2D eigenvalue weighted by molar-refractivity contribution is 7.89. The average Bonchev–Trinajstić information content (AvgIpc) is 3.03. The van der Waals surface area contributed by atoms with Gasteiger partial charge >= 0.3 is 0 Å². The van der Waals surface area contributed by atoms with Crippen molar-refractivity contribution >= 4 is 20.0 Å². The van der Waals surface area contributed by atoms with Gasteiger partial charge in [-0.25, -0.2) is 26.3 Å². The van der Waals surface area contributed by atoms with Gasteiger partial charge in [0.05, 0.1) is 9.79 Å². The Balaban J connectivity index is 0. The van der Waals surface area contributed by atoms with E-state index in [1.54, 1.807) is 54.6 Å². The molecule has 0 aliphatic heterocycles. The Bertz CT molecular complexity index is 1210. The van der Waals surface area contributed by atoms with Gasteiger partial charge in [0.2, 0.25) is 20.0 Å². The summed E-state index contributed by atoms with van der Waals surface area (Å²) >= 11 is 0. The molecule has 4 unspecified atom stereocenters. The molecule has 2 aromatic carbocycles. The Morgan fingerprint density at radius 2 is 0.870 bits per heavy atom. The Hall–Kier alpha value is -1.82. The smallest absolute Gasteiger partial charge is 0.240 e. The molecule has 0 spiro atoms. The van der Waals surface area contributed by atoms with Crippen molar-refractivity contribution in [2.24, 2.45) is 41.1 Å². The van der Waals surface area contributed by atoms with E-state index < -0.39 is 20.0 Å². The summed E-state index contributed by atoms with van der Waals surface area (Å²) in [6.07, 6.45) is 3.48. The van der Waals surface area contributed by atoms with Crippen molar-refractivity contribution in [1.29, 1.82) is 0 Å². The summed E-state index contributed by atoms with van der Waals surface area (Å²) in [5.74, 6) is 2.16. The summed E-state index contributed by atoms with van der Waals surface area (Å²) in [4.78, 5) is 0.631. The van der Waals surface area contributed by atoms with Crippen LogP contribution < -0.4 is 20.9 Å². The van der Waals surface area contributed by atoms with Gasteiger partial charge in [0.15, 0.2) is 0 Å². The van der Waals surface area contributed by atoms with Crippen LogP contribution in [0.3, 0.4) is 0 Å². The lowest BCUT2D eigenvalue weighted by atomic mass is 9.88. The van der Waals surface area contributed by atoms with Gasteiger partial charge in [-0.1, -0.05) is 106 Å². The van der Waals surface area contributed by atoms with E-state index in [0.717, 1.165) is 25.7 Å². The molecule has 0 bridgehead atoms. The molecule has 0 fully saturated rings. The van der Waals surface area contributed by atoms with Gasteiger partial charge in [-0.15, -0.1) is 0 Å². The molecule has 2 rings (SSSR count). The molecule has 6 N–H and O–H groups in total. The lowest BCUT2D eigenvalue weighted by Gasteiger charge is -2.26. The zero-order valence-corrected chi connectivity index (χ0v) is 32.3. The minimum Gasteiger partial charge on any atom is -0.330 e. The molecule has 0 radical (unpaired) electrons. The molecule has 0 saturated heterocycles. The Kier molecular flexibility index (Phi) is 25.4.